The Morgan fingerprint density at radius 2 is 1.23 bits per heavy atom. The molecule has 4 nitrogen and oxygen atoms in total. The fourth-order valence-corrected chi connectivity index (χ4v) is 8.12. The molecular formula is C42H26N4S. The largest absolute Gasteiger partial charge is 0.309 e. The molecule has 5 heteroatoms. The first-order valence-corrected chi connectivity index (χ1v) is 16.6. The van der Waals surface area contributed by atoms with E-state index in [1.54, 1.807) is 11.3 Å². The predicted octanol–water partition coefficient (Wildman–Crippen LogP) is 11.6. The molecule has 6 aromatic carbocycles. The molecule has 0 N–H and O–H groups in total. The minimum Gasteiger partial charge on any atom is -0.309 e. The monoisotopic (exact) mass is 618 g/mol. The molecule has 0 radical (unpaired) electrons. The zero-order valence-electron chi connectivity index (χ0n) is 25.2. The van der Waals surface area contributed by atoms with Crippen molar-refractivity contribution in [2.75, 3.05) is 4.90 Å². The number of aromatic nitrogens is 3. The van der Waals surface area contributed by atoms with Crippen LogP contribution in [0.25, 0.3) is 70.7 Å². The molecular weight excluding hydrogens is 593 g/mol. The van der Waals surface area contributed by atoms with Crippen LogP contribution in [0.15, 0.2) is 158 Å². The molecule has 47 heavy (non-hydrogen) atoms. The molecule has 4 heterocycles. The lowest BCUT2D eigenvalue weighted by atomic mass is 9.94. The highest BCUT2D eigenvalue weighted by Gasteiger charge is 2.27. The fraction of sp³-hybridized carbons (Fsp3) is 0. The van der Waals surface area contributed by atoms with E-state index in [1.165, 1.54) is 37.7 Å². The van der Waals surface area contributed by atoms with Crippen molar-refractivity contribution in [2.45, 2.75) is 0 Å². The third kappa shape index (κ3) is 4.00. The Morgan fingerprint density at radius 3 is 2.09 bits per heavy atom. The molecule has 10 rings (SSSR count). The third-order valence-electron chi connectivity index (χ3n) is 9.23. The summed E-state index contributed by atoms with van der Waals surface area (Å²) in [5.41, 5.74) is 12.6. The van der Waals surface area contributed by atoms with Crippen LogP contribution in [0, 0.1) is 0 Å². The first-order chi connectivity index (χ1) is 23.3. The molecule has 1 aliphatic rings. The standard InChI is InChI=1S/C42H26N4S/c1-2-12-30-29(11-1)31-13-3-6-16-36(31)45(38-25-27(20-22-33(30)38)42-44-35-15-5-8-18-40(35)47-42)28-21-23-34-32-14-4-7-17-37(32)46(39(34)26-28)41-19-9-10-24-43-41/h1-26H. The minimum atomic E-state index is 0.901. The van der Waals surface area contributed by atoms with E-state index >= 15 is 0 Å². The van der Waals surface area contributed by atoms with Crippen LogP contribution in [0.1, 0.15) is 0 Å². The zero-order chi connectivity index (χ0) is 30.9. The molecule has 9 aromatic rings. The smallest absolute Gasteiger partial charge is 0.137 e. The van der Waals surface area contributed by atoms with Gasteiger partial charge in [-0.25, -0.2) is 9.97 Å². The van der Waals surface area contributed by atoms with E-state index in [0.29, 0.717) is 0 Å². The Bertz CT molecular complexity index is 2620. The second kappa shape index (κ2) is 10.2. The summed E-state index contributed by atoms with van der Waals surface area (Å²) >= 11 is 1.74. The number of thiazole rings is 1. The van der Waals surface area contributed by atoms with E-state index in [9.17, 15) is 0 Å². The zero-order valence-corrected chi connectivity index (χ0v) is 26.0. The molecule has 0 saturated heterocycles. The molecule has 0 fully saturated rings. The van der Waals surface area contributed by atoms with E-state index in [1.807, 2.05) is 12.3 Å². The van der Waals surface area contributed by atoms with Crippen molar-refractivity contribution in [1.82, 2.24) is 14.5 Å². The second-order valence-electron chi connectivity index (χ2n) is 11.9. The first-order valence-electron chi connectivity index (χ1n) is 15.8. The molecule has 3 aromatic heterocycles. The van der Waals surface area contributed by atoms with Crippen LogP contribution < -0.4 is 4.90 Å². The fourth-order valence-electron chi connectivity index (χ4n) is 7.16. The average Bonchev–Trinajstić information content (AvgIpc) is 3.68. The number of hydrogen-bond donors (Lipinski definition) is 0. The number of pyridine rings is 1. The Morgan fingerprint density at radius 1 is 0.511 bits per heavy atom. The lowest BCUT2D eigenvalue weighted by Gasteiger charge is -2.28. The van der Waals surface area contributed by atoms with E-state index in [0.717, 1.165) is 50.0 Å². The Balaban J connectivity index is 1.28. The lowest BCUT2D eigenvalue weighted by Crippen LogP contribution is -2.11. The molecule has 0 atom stereocenters. The van der Waals surface area contributed by atoms with Gasteiger partial charge in [-0.05, 0) is 65.7 Å². The number of rotatable bonds is 3. The Hall–Kier alpha value is -6.04. The van der Waals surface area contributed by atoms with Crippen molar-refractivity contribution in [1.29, 1.82) is 0 Å². The molecule has 0 bridgehead atoms. The van der Waals surface area contributed by atoms with Crippen LogP contribution >= 0.6 is 11.3 Å². The van der Waals surface area contributed by atoms with Crippen molar-refractivity contribution >= 4 is 60.4 Å². The predicted molar refractivity (Wildman–Crippen MR) is 196 cm³/mol. The highest BCUT2D eigenvalue weighted by Crippen LogP contribution is 2.52. The molecule has 0 spiro atoms. The van der Waals surface area contributed by atoms with Gasteiger partial charge in [0.1, 0.15) is 10.8 Å². The molecule has 1 aliphatic heterocycles. The van der Waals surface area contributed by atoms with Crippen molar-refractivity contribution in [3.63, 3.8) is 0 Å². The summed E-state index contributed by atoms with van der Waals surface area (Å²) in [6.07, 6.45) is 1.86. The highest BCUT2D eigenvalue weighted by molar-refractivity contribution is 7.21. The molecule has 220 valence electrons. The SMILES string of the molecule is c1ccc(-n2c3ccccc3c3ccc(N4c5ccccc5-c5ccccc5-c5ccc(-c6nc7ccccc7s6)cc54)cc32)nc1. The number of benzene rings is 6. The number of para-hydroxylation sites is 3. The highest BCUT2D eigenvalue weighted by atomic mass is 32.1. The Kier molecular flexibility index (Phi) is 5.71. The maximum atomic E-state index is 5.04. The Labute approximate surface area is 275 Å². The van der Waals surface area contributed by atoms with Crippen molar-refractivity contribution in [2.24, 2.45) is 0 Å². The van der Waals surface area contributed by atoms with E-state index in [-0.39, 0.29) is 0 Å². The van der Waals surface area contributed by atoms with Gasteiger partial charge in [-0.3, -0.25) is 4.57 Å². The van der Waals surface area contributed by atoms with Gasteiger partial charge in [0, 0.05) is 39.3 Å². The van der Waals surface area contributed by atoms with Gasteiger partial charge in [0.05, 0.1) is 32.6 Å². The number of fused-ring (bicyclic) bond motifs is 9. The maximum absolute atomic E-state index is 5.04. The summed E-state index contributed by atoms with van der Waals surface area (Å²) in [5.74, 6) is 0.901. The molecule has 0 amide bonds. The quantitative estimate of drug-likeness (QED) is 0.198. The first kappa shape index (κ1) is 26.2. The van der Waals surface area contributed by atoms with Crippen LogP contribution in [-0.2, 0) is 0 Å². The summed E-state index contributed by atoms with van der Waals surface area (Å²) < 4.78 is 3.48. The van der Waals surface area contributed by atoms with Crippen molar-refractivity contribution in [3.8, 4) is 38.6 Å². The number of nitrogens with zero attached hydrogens (tertiary/aromatic N) is 4. The van der Waals surface area contributed by atoms with Crippen molar-refractivity contribution in [3.05, 3.63) is 158 Å². The average molecular weight is 619 g/mol. The number of hydrogen-bond acceptors (Lipinski definition) is 4. The van der Waals surface area contributed by atoms with E-state index < -0.39 is 0 Å². The van der Waals surface area contributed by atoms with Gasteiger partial charge in [-0.1, -0.05) is 97.1 Å². The van der Waals surface area contributed by atoms with E-state index in [4.69, 9.17) is 9.97 Å². The summed E-state index contributed by atoms with van der Waals surface area (Å²) in [7, 11) is 0. The molecule has 0 saturated carbocycles. The van der Waals surface area contributed by atoms with Gasteiger partial charge in [-0.2, -0.15) is 0 Å². The van der Waals surface area contributed by atoms with Gasteiger partial charge in [0.25, 0.3) is 0 Å². The molecule has 0 aliphatic carbocycles. The van der Waals surface area contributed by atoms with Crippen molar-refractivity contribution < 1.29 is 0 Å². The van der Waals surface area contributed by atoms with Crippen LogP contribution in [-0.4, -0.2) is 14.5 Å². The summed E-state index contributed by atoms with van der Waals surface area (Å²) in [6, 6.07) is 54.3. The number of anilines is 3. The molecule has 0 unspecified atom stereocenters. The van der Waals surface area contributed by atoms with Crippen LogP contribution in [0.5, 0.6) is 0 Å². The van der Waals surface area contributed by atoms with Gasteiger partial charge in [-0.15, -0.1) is 11.3 Å². The van der Waals surface area contributed by atoms with Gasteiger partial charge in [0.2, 0.25) is 0 Å². The van der Waals surface area contributed by atoms with E-state index in [2.05, 4.69) is 155 Å². The summed E-state index contributed by atoms with van der Waals surface area (Å²) in [4.78, 5) is 12.3. The lowest BCUT2D eigenvalue weighted by molar-refractivity contribution is 1.08. The normalized spacial score (nSPS) is 12.2. The van der Waals surface area contributed by atoms with Crippen LogP contribution in [0.3, 0.4) is 0 Å². The second-order valence-corrected chi connectivity index (χ2v) is 12.9. The van der Waals surface area contributed by atoms with Crippen LogP contribution in [0.4, 0.5) is 17.1 Å². The third-order valence-corrected chi connectivity index (χ3v) is 10.3. The van der Waals surface area contributed by atoms with Gasteiger partial charge < -0.3 is 4.90 Å². The van der Waals surface area contributed by atoms with Gasteiger partial charge in [0.15, 0.2) is 0 Å². The summed E-state index contributed by atoms with van der Waals surface area (Å²) in [5, 5.41) is 3.43. The summed E-state index contributed by atoms with van der Waals surface area (Å²) in [6.45, 7) is 0. The van der Waals surface area contributed by atoms with Crippen LogP contribution in [0.2, 0.25) is 0 Å². The van der Waals surface area contributed by atoms with Gasteiger partial charge >= 0.3 is 0 Å². The topological polar surface area (TPSA) is 34.0 Å². The maximum Gasteiger partial charge on any atom is 0.137 e. The minimum absolute atomic E-state index is 0.901.